The van der Waals surface area contributed by atoms with Crippen molar-refractivity contribution in [2.24, 2.45) is 0 Å². The van der Waals surface area contributed by atoms with Gasteiger partial charge < -0.3 is 5.32 Å². The molecule has 13 heavy (non-hydrogen) atoms. The minimum atomic E-state index is 0.704. The number of hydrogen-bond donors (Lipinski definition) is 1. The van der Waals surface area contributed by atoms with Crippen molar-refractivity contribution in [3.8, 4) is 0 Å². The predicted octanol–water partition coefficient (Wildman–Crippen LogP) is 3.24. The zero-order valence-electron chi connectivity index (χ0n) is 8.55. The van der Waals surface area contributed by atoms with Gasteiger partial charge in [0.15, 0.2) is 0 Å². The van der Waals surface area contributed by atoms with Crippen LogP contribution in [0.3, 0.4) is 0 Å². The van der Waals surface area contributed by atoms with Gasteiger partial charge in [-0.15, -0.1) is 0 Å². The molecule has 0 fully saturated rings. The standard InChI is InChI=1S/C11H19NS/c1-3-6-12-7-4-10(2)11-5-8-13-9-11/h5,8-10,12H,3-4,6-7H2,1-2H3. The van der Waals surface area contributed by atoms with Crippen LogP contribution in [0.5, 0.6) is 0 Å². The first-order chi connectivity index (χ1) is 6.34. The molecule has 0 aliphatic heterocycles. The first-order valence-corrected chi connectivity index (χ1v) is 6.01. The van der Waals surface area contributed by atoms with Crippen molar-refractivity contribution in [2.45, 2.75) is 32.6 Å². The average Bonchev–Trinajstić information content (AvgIpc) is 2.65. The highest BCUT2D eigenvalue weighted by atomic mass is 32.1. The van der Waals surface area contributed by atoms with Crippen molar-refractivity contribution in [1.29, 1.82) is 0 Å². The van der Waals surface area contributed by atoms with E-state index in [0.29, 0.717) is 5.92 Å². The Bertz CT molecular complexity index is 206. The van der Waals surface area contributed by atoms with Crippen molar-refractivity contribution in [2.75, 3.05) is 13.1 Å². The molecule has 0 aromatic carbocycles. The van der Waals surface area contributed by atoms with Gasteiger partial charge in [-0.05, 0) is 54.2 Å². The Morgan fingerprint density at radius 1 is 1.46 bits per heavy atom. The maximum absolute atomic E-state index is 3.43. The van der Waals surface area contributed by atoms with Crippen LogP contribution in [0, 0.1) is 0 Å². The Morgan fingerprint density at radius 2 is 2.31 bits per heavy atom. The Morgan fingerprint density at radius 3 is 2.92 bits per heavy atom. The molecule has 1 unspecified atom stereocenters. The molecule has 0 bridgehead atoms. The van der Waals surface area contributed by atoms with Gasteiger partial charge in [-0.25, -0.2) is 0 Å². The van der Waals surface area contributed by atoms with Gasteiger partial charge in [-0.1, -0.05) is 13.8 Å². The summed E-state index contributed by atoms with van der Waals surface area (Å²) < 4.78 is 0. The molecule has 1 heterocycles. The van der Waals surface area contributed by atoms with Gasteiger partial charge in [0, 0.05) is 0 Å². The lowest BCUT2D eigenvalue weighted by molar-refractivity contribution is 0.591. The Labute approximate surface area is 85.2 Å². The fourth-order valence-corrected chi connectivity index (χ4v) is 2.12. The van der Waals surface area contributed by atoms with E-state index in [1.165, 1.54) is 18.4 Å². The second-order valence-corrected chi connectivity index (χ2v) is 4.28. The van der Waals surface area contributed by atoms with E-state index in [2.05, 4.69) is 36.0 Å². The highest BCUT2D eigenvalue weighted by Gasteiger charge is 2.04. The molecule has 0 amide bonds. The number of nitrogens with one attached hydrogen (secondary N) is 1. The number of thiophene rings is 1. The van der Waals surface area contributed by atoms with E-state index in [4.69, 9.17) is 0 Å². The molecule has 1 N–H and O–H groups in total. The lowest BCUT2D eigenvalue weighted by Gasteiger charge is -2.09. The summed E-state index contributed by atoms with van der Waals surface area (Å²) in [5, 5.41) is 7.84. The largest absolute Gasteiger partial charge is 0.317 e. The van der Waals surface area contributed by atoms with Gasteiger partial charge in [-0.3, -0.25) is 0 Å². The summed E-state index contributed by atoms with van der Waals surface area (Å²) in [6.45, 7) is 6.80. The summed E-state index contributed by atoms with van der Waals surface area (Å²) in [5.41, 5.74) is 1.49. The lowest BCUT2D eigenvalue weighted by atomic mass is 10.0. The molecule has 1 aromatic heterocycles. The van der Waals surface area contributed by atoms with Crippen LogP contribution in [0.2, 0.25) is 0 Å². The van der Waals surface area contributed by atoms with Crippen molar-refractivity contribution in [3.63, 3.8) is 0 Å². The van der Waals surface area contributed by atoms with Crippen LogP contribution in [0.1, 0.15) is 38.2 Å². The first kappa shape index (κ1) is 10.7. The monoisotopic (exact) mass is 197 g/mol. The summed E-state index contributed by atoms with van der Waals surface area (Å²) in [5.74, 6) is 0.704. The van der Waals surface area contributed by atoms with E-state index < -0.39 is 0 Å². The van der Waals surface area contributed by atoms with Gasteiger partial charge >= 0.3 is 0 Å². The smallest absolute Gasteiger partial charge is 0.00432 e. The Hall–Kier alpha value is -0.340. The molecule has 0 radical (unpaired) electrons. The molecule has 1 rings (SSSR count). The zero-order valence-corrected chi connectivity index (χ0v) is 9.36. The SMILES string of the molecule is CCCNCCC(C)c1ccsc1. The van der Waals surface area contributed by atoms with E-state index in [0.717, 1.165) is 13.1 Å². The first-order valence-electron chi connectivity index (χ1n) is 5.07. The van der Waals surface area contributed by atoms with E-state index in [1.54, 1.807) is 11.3 Å². The fourth-order valence-electron chi connectivity index (χ4n) is 1.34. The van der Waals surface area contributed by atoms with Gasteiger partial charge in [0.1, 0.15) is 0 Å². The van der Waals surface area contributed by atoms with Crippen LogP contribution < -0.4 is 5.32 Å². The quantitative estimate of drug-likeness (QED) is 0.690. The molecule has 74 valence electrons. The summed E-state index contributed by atoms with van der Waals surface area (Å²) in [6, 6.07) is 2.23. The highest BCUT2D eigenvalue weighted by molar-refractivity contribution is 7.07. The summed E-state index contributed by atoms with van der Waals surface area (Å²) >= 11 is 1.79. The highest BCUT2D eigenvalue weighted by Crippen LogP contribution is 2.20. The topological polar surface area (TPSA) is 12.0 Å². The van der Waals surface area contributed by atoms with Crippen LogP contribution in [0.4, 0.5) is 0 Å². The van der Waals surface area contributed by atoms with Gasteiger partial charge in [0.25, 0.3) is 0 Å². The van der Waals surface area contributed by atoms with Crippen molar-refractivity contribution < 1.29 is 0 Å². The third kappa shape index (κ3) is 3.92. The summed E-state index contributed by atoms with van der Waals surface area (Å²) in [4.78, 5) is 0. The van der Waals surface area contributed by atoms with E-state index in [9.17, 15) is 0 Å². The molecule has 0 spiro atoms. The second kappa shape index (κ2) is 6.17. The van der Waals surface area contributed by atoms with Crippen molar-refractivity contribution in [1.82, 2.24) is 5.32 Å². The minimum Gasteiger partial charge on any atom is -0.317 e. The van der Waals surface area contributed by atoms with Crippen LogP contribution >= 0.6 is 11.3 Å². The van der Waals surface area contributed by atoms with Crippen LogP contribution in [-0.2, 0) is 0 Å². The van der Waals surface area contributed by atoms with Gasteiger partial charge in [0.05, 0.1) is 0 Å². The molecule has 0 saturated carbocycles. The van der Waals surface area contributed by atoms with E-state index >= 15 is 0 Å². The molecule has 1 aromatic rings. The molecule has 0 aliphatic carbocycles. The number of hydrogen-bond acceptors (Lipinski definition) is 2. The van der Waals surface area contributed by atoms with Crippen LogP contribution in [-0.4, -0.2) is 13.1 Å². The second-order valence-electron chi connectivity index (χ2n) is 3.50. The molecular formula is C11H19NS. The van der Waals surface area contributed by atoms with E-state index in [-0.39, 0.29) is 0 Å². The predicted molar refractivity (Wildman–Crippen MR) is 60.5 cm³/mol. The zero-order chi connectivity index (χ0) is 9.52. The maximum atomic E-state index is 3.43. The van der Waals surface area contributed by atoms with Gasteiger partial charge in [0.2, 0.25) is 0 Å². The molecule has 0 saturated heterocycles. The van der Waals surface area contributed by atoms with Crippen LogP contribution in [0.15, 0.2) is 16.8 Å². The summed E-state index contributed by atoms with van der Waals surface area (Å²) in [6.07, 6.45) is 2.48. The van der Waals surface area contributed by atoms with Crippen LogP contribution in [0.25, 0.3) is 0 Å². The molecule has 1 atom stereocenters. The Kier molecular flexibility index (Phi) is 5.09. The summed E-state index contributed by atoms with van der Waals surface area (Å²) in [7, 11) is 0. The molecule has 1 nitrogen and oxygen atoms in total. The normalized spacial score (nSPS) is 13.1. The van der Waals surface area contributed by atoms with Crippen molar-refractivity contribution in [3.05, 3.63) is 22.4 Å². The molecular weight excluding hydrogens is 178 g/mol. The number of rotatable bonds is 6. The van der Waals surface area contributed by atoms with E-state index in [1.807, 2.05) is 0 Å². The third-order valence-electron chi connectivity index (χ3n) is 2.29. The maximum Gasteiger partial charge on any atom is -0.00432 e. The fraction of sp³-hybridized carbons (Fsp3) is 0.636. The third-order valence-corrected chi connectivity index (χ3v) is 2.99. The van der Waals surface area contributed by atoms with Crippen molar-refractivity contribution >= 4 is 11.3 Å². The average molecular weight is 197 g/mol. The minimum absolute atomic E-state index is 0.704. The molecule has 0 aliphatic rings. The van der Waals surface area contributed by atoms with Gasteiger partial charge in [-0.2, -0.15) is 11.3 Å². The molecule has 2 heteroatoms. The lowest BCUT2D eigenvalue weighted by Crippen LogP contribution is -2.17. The Balaban J connectivity index is 2.15.